The molecule has 1 saturated carbocycles. The molecule has 2 rings (SSSR count). The van der Waals surface area contributed by atoms with Crippen molar-refractivity contribution in [2.75, 3.05) is 53.9 Å². The molecule has 2 fully saturated rings. The first-order chi connectivity index (χ1) is 9.15. The van der Waals surface area contributed by atoms with Crippen molar-refractivity contribution in [3.8, 4) is 0 Å². The van der Waals surface area contributed by atoms with Crippen molar-refractivity contribution < 1.29 is 0 Å². The quantitative estimate of drug-likeness (QED) is 0.779. The third-order valence-electron chi connectivity index (χ3n) is 4.66. The fraction of sp³-hybridized carbons (Fsp3) is 1.00. The molecule has 0 amide bonds. The molecular formula is C16H35N3. The first-order valence-electron chi connectivity index (χ1n) is 8.22. The second-order valence-corrected chi connectivity index (χ2v) is 6.24. The maximum absolute atomic E-state index is 2.68. The van der Waals surface area contributed by atoms with Gasteiger partial charge < -0.3 is 14.7 Å². The van der Waals surface area contributed by atoms with E-state index in [4.69, 9.17) is 0 Å². The minimum absolute atomic E-state index is 0.846. The van der Waals surface area contributed by atoms with Crippen LogP contribution >= 0.6 is 0 Å². The van der Waals surface area contributed by atoms with Crippen LogP contribution in [0.1, 0.15) is 39.5 Å². The summed E-state index contributed by atoms with van der Waals surface area (Å²) in [5, 5.41) is 0. The summed E-state index contributed by atoms with van der Waals surface area (Å²) in [6.45, 7) is 10.4. The Morgan fingerprint density at radius 3 is 1.89 bits per heavy atom. The van der Waals surface area contributed by atoms with E-state index < -0.39 is 0 Å². The lowest BCUT2D eigenvalue weighted by Gasteiger charge is -2.38. The summed E-state index contributed by atoms with van der Waals surface area (Å²) in [5.74, 6) is 0.967. The van der Waals surface area contributed by atoms with Gasteiger partial charge in [-0.05, 0) is 52.7 Å². The SMILES string of the molecule is CC.CN1CCN(CC2CCC(N(C)C)CC2)CC1. The molecule has 0 aromatic heterocycles. The molecule has 0 bridgehead atoms. The number of rotatable bonds is 3. The van der Waals surface area contributed by atoms with E-state index >= 15 is 0 Å². The van der Waals surface area contributed by atoms with Crippen LogP contribution in [-0.2, 0) is 0 Å². The highest BCUT2D eigenvalue weighted by molar-refractivity contribution is 4.80. The molecule has 0 aromatic rings. The van der Waals surface area contributed by atoms with E-state index in [1.165, 1.54) is 58.4 Å². The first kappa shape index (κ1) is 16.9. The van der Waals surface area contributed by atoms with Crippen molar-refractivity contribution in [2.45, 2.75) is 45.6 Å². The largest absolute Gasteiger partial charge is 0.306 e. The van der Waals surface area contributed by atoms with Crippen molar-refractivity contribution in [3.63, 3.8) is 0 Å². The van der Waals surface area contributed by atoms with E-state index in [0.717, 1.165) is 12.0 Å². The molecule has 0 atom stereocenters. The van der Waals surface area contributed by atoms with E-state index in [9.17, 15) is 0 Å². The molecule has 19 heavy (non-hydrogen) atoms. The molecular weight excluding hydrogens is 234 g/mol. The molecule has 1 aliphatic carbocycles. The van der Waals surface area contributed by atoms with Crippen molar-refractivity contribution in [2.24, 2.45) is 5.92 Å². The standard InChI is InChI=1S/C14H29N3.C2H6/c1-15(2)14-6-4-13(5-7-14)12-17-10-8-16(3)9-11-17;1-2/h13-14H,4-12H2,1-3H3;1-2H3. The summed E-state index contributed by atoms with van der Waals surface area (Å²) in [6.07, 6.45) is 5.70. The maximum Gasteiger partial charge on any atom is 0.0110 e. The van der Waals surface area contributed by atoms with E-state index in [2.05, 4.69) is 35.8 Å². The van der Waals surface area contributed by atoms with Gasteiger partial charge in [0.15, 0.2) is 0 Å². The second kappa shape index (κ2) is 8.93. The van der Waals surface area contributed by atoms with Gasteiger partial charge in [0.05, 0.1) is 0 Å². The second-order valence-electron chi connectivity index (χ2n) is 6.24. The van der Waals surface area contributed by atoms with Crippen LogP contribution in [0.3, 0.4) is 0 Å². The fourth-order valence-corrected chi connectivity index (χ4v) is 3.24. The molecule has 1 aliphatic heterocycles. The first-order valence-corrected chi connectivity index (χ1v) is 8.22. The molecule has 0 aromatic carbocycles. The van der Waals surface area contributed by atoms with E-state index in [1.54, 1.807) is 0 Å². The summed E-state index contributed by atoms with van der Waals surface area (Å²) < 4.78 is 0. The third-order valence-corrected chi connectivity index (χ3v) is 4.66. The summed E-state index contributed by atoms with van der Waals surface area (Å²) in [5.41, 5.74) is 0. The molecule has 3 heteroatoms. The summed E-state index contributed by atoms with van der Waals surface area (Å²) in [6, 6.07) is 0.846. The van der Waals surface area contributed by atoms with Gasteiger partial charge in [-0.3, -0.25) is 0 Å². The summed E-state index contributed by atoms with van der Waals surface area (Å²) in [7, 11) is 6.69. The molecule has 0 unspecified atom stereocenters. The Hall–Kier alpha value is -0.120. The lowest BCUT2D eigenvalue weighted by molar-refractivity contribution is 0.111. The van der Waals surface area contributed by atoms with Crippen molar-refractivity contribution >= 4 is 0 Å². The lowest BCUT2D eigenvalue weighted by Crippen LogP contribution is -2.46. The van der Waals surface area contributed by atoms with Gasteiger partial charge in [0, 0.05) is 38.8 Å². The van der Waals surface area contributed by atoms with Gasteiger partial charge in [0.25, 0.3) is 0 Å². The molecule has 0 spiro atoms. The molecule has 3 nitrogen and oxygen atoms in total. The Morgan fingerprint density at radius 2 is 1.42 bits per heavy atom. The summed E-state index contributed by atoms with van der Waals surface area (Å²) >= 11 is 0. The molecule has 1 saturated heterocycles. The van der Waals surface area contributed by atoms with Crippen molar-refractivity contribution in [1.82, 2.24) is 14.7 Å². The van der Waals surface area contributed by atoms with Crippen LogP contribution in [0.5, 0.6) is 0 Å². The van der Waals surface area contributed by atoms with Crippen LogP contribution in [0.15, 0.2) is 0 Å². The zero-order chi connectivity index (χ0) is 14.3. The molecule has 0 radical (unpaired) electrons. The van der Waals surface area contributed by atoms with Crippen LogP contribution in [-0.4, -0.2) is 74.6 Å². The van der Waals surface area contributed by atoms with E-state index in [1.807, 2.05) is 13.8 Å². The van der Waals surface area contributed by atoms with Gasteiger partial charge in [0.1, 0.15) is 0 Å². The smallest absolute Gasteiger partial charge is 0.0110 e. The number of nitrogens with zero attached hydrogens (tertiary/aromatic N) is 3. The van der Waals surface area contributed by atoms with Crippen LogP contribution in [0.2, 0.25) is 0 Å². The van der Waals surface area contributed by atoms with Gasteiger partial charge in [-0.2, -0.15) is 0 Å². The minimum atomic E-state index is 0.846. The van der Waals surface area contributed by atoms with E-state index in [0.29, 0.717) is 0 Å². The highest BCUT2D eigenvalue weighted by Gasteiger charge is 2.24. The minimum Gasteiger partial charge on any atom is -0.306 e. The Kier molecular flexibility index (Phi) is 7.96. The Labute approximate surface area is 120 Å². The zero-order valence-electron chi connectivity index (χ0n) is 13.9. The Balaban J connectivity index is 0.000000861. The van der Waals surface area contributed by atoms with Crippen LogP contribution in [0, 0.1) is 5.92 Å². The molecule has 2 aliphatic rings. The average molecular weight is 269 g/mol. The number of likely N-dealkylation sites (N-methyl/N-ethyl adjacent to an activating group) is 1. The Morgan fingerprint density at radius 1 is 0.895 bits per heavy atom. The molecule has 1 heterocycles. The normalized spacial score (nSPS) is 30.0. The van der Waals surface area contributed by atoms with Gasteiger partial charge in [-0.25, -0.2) is 0 Å². The van der Waals surface area contributed by atoms with Gasteiger partial charge in [0.2, 0.25) is 0 Å². The topological polar surface area (TPSA) is 9.72 Å². The Bertz CT molecular complexity index is 214. The van der Waals surface area contributed by atoms with Crippen molar-refractivity contribution in [1.29, 1.82) is 0 Å². The van der Waals surface area contributed by atoms with Crippen LogP contribution < -0.4 is 0 Å². The number of piperazine rings is 1. The maximum atomic E-state index is 2.68. The highest BCUT2D eigenvalue weighted by Crippen LogP contribution is 2.27. The van der Waals surface area contributed by atoms with Gasteiger partial charge >= 0.3 is 0 Å². The van der Waals surface area contributed by atoms with Gasteiger partial charge in [-0.1, -0.05) is 13.8 Å². The van der Waals surface area contributed by atoms with E-state index in [-0.39, 0.29) is 0 Å². The predicted molar refractivity (Wildman–Crippen MR) is 84.7 cm³/mol. The fourth-order valence-electron chi connectivity index (χ4n) is 3.24. The molecule has 0 N–H and O–H groups in total. The van der Waals surface area contributed by atoms with Crippen LogP contribution in [0.4, 0.5) is 0 Å². The third kappa shape index (κ3) is 5.80. The monoisotopic (exact) mass is 269 g/mol. The van der Waals surface area contributed by atoms with Crippen molar-refractivity contribution in [3.05, 3.63) is 0 Å². The molecule has 114 valence electrons. The van der Waals surface area contributed by atoms with Gasteiger partial charge in [-0.15, -0.1) is 0 Å². The lowest BCUT2D eigenvalue weighted by atomic mass is 9.85. The summed E-state index contributed by atoms with van der Waals surface area (Å²) in [4.78, 5) is 7.53. The number of hydrogen-bond acceptors (Lipinski definition) is 3. The zero-order valence-corrected chi connectivity index (χ0v) is 13.9. The highest BCUT2D eigenvalue weighted by atomic mass is 15.2. The average Bonchev–Trinajstić information content (AvgIpc) is 2.44. The van der Waals surface area contributed by atoms with Crippen LogP contribution in [0.25, 0.3) is 0 Å². The predicted octanol–water partition coefficient (Wildman–Crippen LogP) is 2.38. The number of hydrogen-bond donors (Lipinski definition) is 0.